The van der Waals surface area contributed by atoms with Gasteiger partial charge in [0.25, 0.3) is 5.91 Å². The van der Waals surface area contributed by atoms with E-state index in [0.29, 0.717) is 26.2 Å². The van der Waals surface area contributed by atoms with E-state index in [9.17, 15) is 13.6 Å². The molecular weight excluding hydrogens is 302 g/mol. The second kappa shape index (κ2) is 6.28. The van der Waals surface area contributed by atoms with Crippen LogP contribution in [0.25, 0.3) is 0 Å². The van der Waals surface area contributed by atoms with Crippen LogP contribution in [0.4, 0.5) is 14.6 Å². The average Bonchev–Trinajstić information content (AvgIpc) is 2.57. The Labute approximate surface area is 132 Å². The SMILES string of the molecule is Cc1ccc(N2CCN(C(=O)c3ccc(F)c(F)c3)CC2)nn1. The minimum absolute atomic E-state index is 0.160. The molecular formula is C16H16F2N4O. The molecule has 120 valence electrons. The zero-order valence-corrected chi connectivity index (χ0v) is 12.7. The predicted octanol–water partition coefficient (Wildman–Crippen LogP) is 2.03. The van der Waals surface area contributed by atoms with Crippen molar-refractivity contribution in [2.75, 3.05) is 31.1 Å². The summed E-state index contributed by atoms with van der Waals surface area (Å²) in [4.78, 5) is 16.0. The summed E-state index contributed by atoms with van der Waals surface area (Å²) in [6.45, 7) is 4.09. The van der Waals surface area contributed by atoms with Gasteiger partial charge < -0.3 is 9.80 Å². The standard InChI is InChI=1S/C16H16F2N4O/c1-11-2-5-15(20-19-11)21-6-8-22(9-7-21)16(23)12-3-4-13(17)14(18)10-12/h2-5,10H,6-9H2,1H3. The van der Waals surface area contributed by atoms with Crippen LogP contribution in [0.5, 0.6) is 0 Å². The largest absolute Gasteiger partial charge is 0.352 e. The first-order chi connectivity index (χ1) is 11.0. The summed E-state index contributed by atoms with van der Waals surface area (Å²) in [7, 11) is 0. The van der Waals surface area contributed by atoms with Crippen LogP contribution in [0.2, 0.25) is 0 Å². The van der Waals surface area contributed by atoms with E-state index in [1.54, 1.807) is 4.90 Å². The quantitative estimate of drug-likeness (QED) is 0.850. The van der Waals surface area contributed by atoms with E-state index in [1.165, 1.54) is 6.07 Å². The lowest BCUT2D eigenvalue weighted by atomic mass is 10.1. The maximum atomic E-state index is 13.3. The van der Waals surface area contributed by atoms with E-state index in [-0.39, 0.29) is 11.5 Å². The van der Waals surface area contributed by atoms with Gasteiger partial charge in [0.1, 0.15) is 0 Å². The second-order valence-electron chi connectivity index (χ2n) is 5.44. The minimum atomic E-state index is -1.01. The fraction of sp³-hybridized carbons (Fsp3) is 0.312. The Morgan fingerprint density at radius 2 is 1.74 bits per heavy atom. The Morgan fingerprint density at radius 3 is 2.35 bits per heavy atom. The molecule has 0 aliphatic carbocycles. The average molecular weight is 318 g/mol. The maximum absolute atomic E-state index is 13.3. The van der Waals surface area contributed by atoms with Crippen LogP contribution >= 0.6 is 0 Å². The van der Waals surface area contributed by atoms with Gasteiger partial charge in [-0.25, -0.2) is 8.78 Å². The third-order valence-corrected chi connectivity index (χ3v) is 3.84. The number of anilines is 1. The highest BCUT2D eigenvalue weighted by molar-refractivity contribution is 5.94. The molecule has 2 heterocycles. The van der Waals surface area contributed by atoms with Crippen molar-refractivity contribution in [2.45, 2.75) is 6.92 Å². The molecule has 1 aromatic heterocycles. The Hall–Kier alpha value is -2.57. The van der Waals surface area contributed by atoms with Gasteiger partial charge in [0.15, 0.2) is 17.5 Å². The van der Waals surface area contributed by atoms with Crippen molar-refractivity contribution < 1.29 is 13.6 Å². The molecule has 3 rings (SSSR count). The fourth-order valence-corrected chi connectivity index (χ4v) is 2.51. The van der Waals surface area contributed by atoms with E-state index in [1.807, 2.05) is 24.0 Å². The van der Waals surface area contributed by atoms with Gasteiger partial charge >= 0.3 is 0 Å². The summed E-state index contributed by atoms with van der Waals surface area (Å²) in [5, 5.41) is 8.16. The van der Waals surface area contributed by atoms with Crippen molar-refractivity contribution in [3.8, 4) is 0 Å². The van der Waals surface area contributed by atoms with Crippen LogP contribution in [0.15, 0.2) is 30.3 Å². The van der Waals surface area contributed by atoms with Crippen molar-refractivity contribution >= 4 is 11.7 Å². The van der Waals surface area contributed by atoms with Gasteiger partial charge in [-0.15, -0.1) is 5.10 Å². The number of hydrogen-bond acceptors (Lipinski definition) is 4. The number of rotatable bonds is 2. The molecule has 7 heteroatoms. The lowest BCUT2D eigenvalue weighted by Crippen LogP contribution is -2.49. The monoisotopic (exact) mass is 318 g/mol. The first-order valence-corrected chi connectivity index (χ1v) is 7.34. The Balaban J connectivity index is 1.65. The Kier molecular flexibility index (Phi) is 4.18. The van der Waals surface area contributed by atoms with Gasteiger partial charge in [0.05, 0.1) is 5.69 Å². The molecule has 5 nitrogen and oxygen atoms in total. The van der Waals surface area contributed by atoms with Gasteiger partial charge in [-0.05, 0) is 37.3 Å². The van der Waals surface area contributed by atoms with Crippen molar-refractivity contribution in [2.24, 2.45) is 0 Å². The number of amides is 1. The number of nitrogens with zero attached hydrogens (tertiary/aromatic N) is 4. The van der Waals surface area contributed by atoms with Gasteiger partial charge in [-0.3, -0.25) is 4.79 Å². The molecule has 0 spiro atoms. The molecule has 0 bridgehead atoms. The first kappa shape index (κ1) is 15.3. The molecule has 0 saturated carbocycles. The number of hydrogen-bond donors (Lipinski definition) is 0. The summed E-state index contributed by atoms with van der Waals surface area (Å²) in [6, 6.07) is 7.01. The Bertz CT molecular complexity index is 713. The van der Waals surface area contributed by atoms with Crippen molar-refractivity contribution in [1.82, 2.24) is 15.1 Å². The van der Waals surface area contributed by atoms with Crippen LogP contribution in [-0.4, -0.2) is 47.2 Å². The lowest BCUT2D eigenvalue weighted by molar-refractivity contribution is 0.0746. The predicted molar refractivity (Wildman–Crippen MR) is 81.2 cm³/mol. The number of piperazine rings is 1. The van der Waals surface area contributed by atoms with Crippen molar-refractivity contribution in [1.29, 1.82) is 0 Å². The molecule has 2 aromatic rings. The normalized spacial score (nSPS) is 14.9. The van der Waals surface area contributed by atoms with Crippen molar-refractivity contribution in [3.63, 3.8) is 0 Å². The van der Waals surface area contributed by atoms with E-state index in [0.717, 1.165) is 23.6 Å². The molecule has 1 aromatic carbocycles. The van der Waals surface area contributed by atoms with E-state index < -0.39 is 11.6 Å². The zero-order valence-electron chi connectivity index (χ0n) is 12.7. The Morgan fingerprint density at radius 1 is 1.00 bits per heavy atom. The highest BCUT2D eigenvalue weighted by atomic mass is 19.2. The molecule has 1 aliphatic rings. The molecule has 0 radical (unpaired) electrons. The topological polar surface area (TPSA) is 49.3 Å². The minimum Gasteiger partial charge on any atom is -0.352 e. The number of benzene rings is 1. The molecule has 0 N–H and O–H groups in total. The van der Waals surface area contributed by atoms with Crippen LogP contribution in [0.1, 0.15) is 16.1 Å². The number of aromatic nitrogens is 2. The first-order valence-electron chi connectivity index (χ1n) is 7.34. The second-order valence-corrected chi connectivity index (χ2v) is 5.44. The van der Waals surface area contributed by atoms with Crippen LogP contribution in [0, 0.1) is 18.6 Å². The number of halogens is 2. The molecule has 23 heavy (non-hydrogen) atoms. The fourth-order valence-electron chi connectivity index (χ4n) is 2.51. The summed E-state index contributed by atoms with van der Waals surface area (Å²) in [6.07, 6.45) is 0. The summed E-state index contributed by atoms with van der Waals surface area (Å²) < 4.78 is 26.2. The molecule has 0 unspecified atom stereocenters. The molecule has 1 amide bonds. The van der Waals surface area contributed by atoms with Crippen molar-refractivity contribution in [3.05, 3.63) is 53.2 Å². The van der Waals surface area contributed by atoms with Gasteiger partial charge in [-0.1, -0.05) is 0 Å². The van der Waals surface area contributed by atoms with E-state index >= 15 is 0 Å². The molecule has 1 fully saturated rings. The third-order valence-electron chi connectivity index (χ3n) is 3.84. The lowest BCUT2D eigenvalue weighted by Gasteiger charge is -2.35. The van der Waals surface area contributed by atoms with E-state index in [2.05, 4.69) is 10.2 Å². The molecule has 1 saturated heterocycles. The summed E-state index contributed by atoms with van der Waals surface area (Å²) >= 11 is 0. The van der Waals surface area contributed by atoms with Crippen LogP contribution in [0.3, 0.4) is 0 Å². The van der Waals surface area contributed by atoms with Crippen LogP contribution in [-0.2, 0) is 0 Å². The highest BCUT2D eigenvalue weighted by Gasteiger charge is 2.23. The maximum Gasteiger partial charge on any atom is 0.254 e. The number of aryl methyl sites for hydroxylation is 1. The van der Waals surface area contributed by atoms with Gasteiger partial charge in [-0.2, -0.15) is 5.10 Å². The highest BCUT2D eigenvalue weighted by Crippen LogP contribution is 2.16. The summed E-state index contributed by atoms with van der Waals surface area (Å²) in [5.41, 5.74) is 1.01. The molecule has 0 atom stereocenters. The third kappa shape index (κ3) is 3.28. The zero-order chi connectivity index (χ0) is 16.4. The number of carbonyl (C=O) groups excluding carboxylic acids is 1. The smallest absolute Gasteiger partial charge is 0.254 e. The number of carbonyl (C=O) groups is 1. The molecule has 1 aliphatic heterocycles. The van der Waals surface area contributed by atoms with E-state index in [4.69, 9.17) is 0 Å². The van der Waals surface area contributed by atoms with Crippen LogP contribution < -0.4 is 4.90 Å². The van der Waals surface area contributed by atoms with Gasteiger partial charge in [0.2, 0.25) is 0 Å². The van der Waals surface area contributed by atoms with Gasteiger partial charge in [0, 0.05) is 31.7 Å². The summed E-state index contributed by atoms with van der Waals surface area (Å²) in [5.74, 6) is -1.48.